The number of amides is 1. The molecule has 1 fully saturated rings. The molecular weight excluding hydrogens is 448 g/mol. The number of carbonyl (C=O) groups is 1. The van der Waals surface area contributed by atoms with E-state index in [0.717, 1.165) is 36.5 Å². The van der Waals surface area contributed by atoms with E-state index in [1.165, 1.54) is 31.9 Å². The molecule has 2 heterocycles. The summed E-state index contributed by atoms with van der Waals surface area (Å²) in [7, 11) is 0. The number of nitrogens with zero attached hydrogens (tertiary/aromatic N) is 2. The molecule has 1 aromatic heterocycles. The quantitative estimate of drug-likeness (QED) is 0.369. The summed E-state index contributed by atoms with van der Waals surface area (Å²) in [5.74, 6) is -0.108. The van der Waals surface area contributed by atoms with E-state index in [1.807, 2.05) is 36.4 Å². The first-order chi connectivity index (χ1) is 16.4. The van der Waals surface area contributed by atoms with Gasteiger partial charge in [0, 0.05) is 35.3 Å². The molecule has 34 heavy (non-hydrogen) atoms. The molecule has 1 atom stereocenters. The van der Waals surface area contributed by atoms with Crippen LogP contribution in [0.5, 0.6) is 5.75 Å². The Kier molecular flexibility index (Phi) is 7.70. The first kappa shape index (κ1) is 24.0. The Labute approximate surface area is 205 Å². The molecular formula is C27H31ClN4O2. The monoisotopic (exact) mass is 478 g/mol. The van der Waals surface area contributed by atoms with Gasteiger partial charge in [0.1, 0.15) is 11.6 Å². The zero-order valence-electron chi connectivity index (χ0n) is 19.4. The third kappa shape index (κ3) is 5.69. The molecule has 1 aliphatic heterocycles. The molecule has 0 saturated carbocycles. The highest BCUT2D eigenvalue weighted by molar-refractivity contribution is 6.33. The van der Waals surface area contributed by atoms with Crippen molar-refractivity contribution in [1.29, 1.82) is 0 Å². The number of anilines is 1. The average Bonchev–Trinajstić information content (AvgIpc) is 2.83. The van der Waals surface area contributed by atoms with Crippen LogP contribution in [0.15, 0.2) is 54.6 Å². The third-order valence-electron chi connectivity index (χ3n) is 6.44. The molecule has 1 unspecified atom stereocenters. The number of aromatic nitrogens is 1. The second-order valence-corrected chi connectivity index (χ2v) is 9.27. The van der Waals surface area contributed by atoms with Gasteiger partial charge >= 0.3 is 0 Å². The molecule has 6 nitrogen and oxygen atoms in total. The zero-order valence-corrected chi connectivity index (χ0v) is 20.2. The smallest absolute Gasteiger partial charge is 0.252 e. The standard InChI is InChI=1S/C27H31ClN4O2/c1-18-7-4-5-13-32(18)14-6-12-30-26-17-20(21-8-2-3-9-23(21)28)16-24(31-26)19-10-11-25(33)22(15-19)27(29)34/h2-3,8-11,15-18,33H,4-7,12-14H2,1H3,(H2,29,34)(H,30,31). The van der Waals surface area contributed by atoms with Crippen LogP contribution in [-0.4, -0.2) is 46.6 Å². The highest BCUT2D eigenvalue weighted by Crippen LogP contribution is 2.33. The summed E-state index contributed by atoms with van der Waals surface area (Å²) in [4.78, 5) is 19.1. The number of nitrogens with two attached hydrogens (primary N) is 1. The van der Waals surface area contributed by atoms with E-state index in [0.29, 0.717) is 22.3 Å². The minimum absolute atomic E-state index is 0.0626. The minimum atomic E-state index is -0.688. The Hall–Kier alpha value is -3.09. The number of rotatable bonds is 8. The fraction of sp³-hybridized carbons (Fsp3) is 0.333. The van der Waals surface area contributed by atoms with E-state index < -0.39 is 5.91 Å². The van der Waals surface area contributed by atoms with E-state index in [2.05, 4.69) is 17.1 Å². The van der Waals surface area contributed by atoms with E-state index in [4.69, 9.17) is 22.3 Å². The van der Waals surface area contributed by atoms with Crippen molar-refractivity contribution >= 4 is 23.3 Å². The highest BCUT2D eigenvalue weighted by Gasteiger charge is 2.17. The number of phenols is 1. The number of hydrogen-bond acceptors (Lipinski definition) is 5. The maximum Gasteiger partial charge on any atom is 0.252 e. The second kappa shape index (κ2) is 10.9. The Morgan fingerprint density at radius 2 is 2.00 bits per heavy atom. The van der Waals surface area contributed by atoms with Crippen molar-refractivity contribution in [2.75, 3.05) is 25.0 Å². The largest absolute Gasteiger partial charge is 0.507 e. The van der Waals surface area contributed by atoms with E-state index >= 15 is 0 Å². The molecule has 1 saturated heterocycles. The molecule has 4 rings (SSSR count). The van der Waals surface area contributed by atoms with Crippen molar-refractivity contribution in [3.05, 3.63) is 65.2 Å². The van der Waals surface area contributed by atoms with Crippen LogP contribution in [-0.2, 0) is 0 Å². The molecule has 0 aliphatic carbocycles. The van der Waals surface area contributed by atoms with Crippen molar-refractivity contribution in [2.45, 2.75) is 38.6 Å². The Morgan fingerprint density at radius 1 is 1.18 bits per heavy atom. The summed E-state index contributed by atoms with van der Waals surface area (Å²) in [6.45, 7) is 5.34. The van der Waals surface area contributed by atoms with Crippen molar-refractivity contribution in [1.82, 2.24) is 9.88 Å². The molecule has 0 radical (unpaired) electrons. The Bertz CT molecular complexity index is 1170. The topological polar surface area (TPSA) is 91.5 Å². The Morgan fingerprint density at radius 3 is 2.76 bits per heavy atom. The van der Waals surface area contributed by atoms with Crippen molar-refractivity contribution in [2.24, 2.45) is 5.73 Å². The van der Waals surface area contributed by atoms with Crippen LogP contribution in [0.25, 0.3) is 22.4 Å². The molecule has 4 N–H and O–H groups in total. The normalized spacial score (nSPS) is 16.4. The molecule has 1 aliphatic rings. The average molecular weight is 479 g/mol. The first-order valence-electron chi connectivity index (χ1n) is 11.8. The van der Waals surface area contributed by atoms with E-state index in [1.54, 1.807) is 12.1 Å². The number of nitrogens with one attached hydrogen (secondary N) is 1. The van der Waals surface area contributed by atoms with Gasteiger partial charge < -0.3 is 21.1 Å². The number of aromatic hydroxyl groups is 1. The third-order valence-corrected chi connectivity index (χ3v) is 6.77. The number of piperidine rings is 1. The number of benzene rings is 2. The van der Waals surface area contributed by atoms with Crippen LogP contribution in [0, 0.1) is 0 Å². The second-order valence-electron chi connectivity index (χ2n) is 8.86. The minimum Gasteiger partial charge on any atom is -0.507 e. The summed E-state index contributed by atoms with van der Waals surface area (Å²) in [6.07, 6.45) is 4.90. The van der Waals surface area contributed by atoms with Gasteiger partial charge in [0.25, 0.3) is 5.91 Å². The lowest BCUT2D eigenvalue weighted by Crippen LogP contribution is -2.38. The van der Waals surface area contributed by atoms with Gasteiger partial charge in [-0.25, -0.2) is 4.98 Å². The lowest BCUT2D eigenvalue weighted by molar-refractivity contribution is 0.0998. The maximum atomic E-state index is 11.7. The van der Waals surface area contributed by atoms with Crippen LogP contribution in [0.3, 0.4) is 0 Å². The van der Waals surface area contributed by atoms with Crippen LogP contribution in [0.1, 0.15) is 43.0 Å². The van der Waals surface area contributed by atoms with E-state index in [9.17, 15) is 9.90 Å². The number of halogens is 1. The lowest BCUT2D eigenvalue weighted by atomic mass is 10.0. The van der Waals surface area contributed by atoms with Gasteiger partial charge in [-0.15, -0.1) is 0 Å². The summed E-state index contributed by atoms with van der Waals surface area (Å²) in [5, 5.41) is 14.1. The first-order valence-corrected chi connectivity index (χ1v) is 12.2. The highest BCUT2D eigenvalue weighted by atomic mass is 35.5. The molecule has 1 amide bonds. The molecule has 3 aromatic rings. The molecule has 2 aromatic carbocycles. The van der Waals surface area contributed by atoms with Crippen LogP contribution < -0.4 is 11.1 Å². The van der Waals surface area contributed by atoms with Gasteiger partial charge in [0.05, 0.1) is 11.3 Å². The van der Waals surface area contributed by atoms with Gasteiger partial charge in [0.15, 0.2) is 0 Å². The fourth-order valence-electron chi connectivity index (χ4n) is 4.50. The number of hydrogen-bond donors (Lipinski definition) is 3. The Balaban J connectivity index is 1.60. The van der Waals surface area contributed by atoms with Crippen molar-refractivity contribution in [3.8, 4) is 28.1 Å². The fourth-order valence-corrected chi connectivity index (χ4v) is 4.75. The van der Waals surface area contributed by atoms with E-state index in [-0.39, 0.29) is 11.3 Å². The number of carbonyl (C=O) groups excluding carboxylic acids is 1. The zero-order chi connectivity index (χ0) is 24.1. The van der Waals surface area contributed by atoms with Gasteiger partial charge in [-0.1, -0.05) is 36.2 Å². The summed E-state index contributed by atoms with van der Waals surface area (Å²) in [6, 6.07) is 17.0. The predicted molar refractivity (Wildman–Crippen MR) is 138 cm³/mol. The summed E-state index contributed by atoms with van der Waals surface area (Å²) < 4.78 is 0. The number of pyridine rings is 1. The van der Waals surface area contributed by atoms with Crippen LogP contribution >= 0.6 is 11.6 Å². The predicted octanol–water partition coefficient (Wildman–Crippen LogP) is 5.55. The number of likely N-dealkylation sites (tertiary alicyclic amines) is 1. The van der Waals surface area contributed by atoms with Gasteiger partial charge in [-0.05, 0) is 74.7 Å². The van der Waals surface area contributed by atoms with Gasteiger partial charge in [-0.2, -0.15) is 0 Å². The summed E-state index contributed by atoms with van der Waals surface area (Å²) in [5.41, 5.74) is 8.65. The molecule has 0 bridgehead atoms. The van der Waals surface area contributed by atoms with Crippen LogP contribution in [0.2, 0.25) is 5.02 Å². The van der Waals surface area contributed by atoms with Gasteiger partial charge in [0.2, 0.25) is 0 Å². The van der Waals surface area contributed by atoms with Gasteiger partial charge in [-0.3, -0.25) is 4.79 Å². The lowest BCUT2D eigenvalue weighted by Gasteiger charge is -2.33. The van der Waals surface area contributed by atoms with Crippen molar-refractivity contribution in [3.63, 3.8) is 0 Å². The number of primary amides is 1. The molecule has 0 spiro atoms. The van der Waals surface area contributed by atoms with Crippen molar-refractivity contribution < 1.29 is 9.90 Å². The SMILES string of the molecule is CC1CCCCN1CCCNc1cc(-c2ccccc2Cl)cc(-c2ccc(O)c(C(N)=O)c2)n1. The molecule has 178 valence electrons. The summed E-state index contributed by atoms with van der Waals surface area (Å²) >= 11 is 6.48. The van der Waals surface area contributed by atoms with Crippen LogP contribution in [0.4, 0.5) is 5.82 Å². The molecule has 7 heteroatoms. The maximum absolute atomic E-state index is 11.7.